The van der Waals surface area contributed by atoms with E-state index in [-0.39, 0.29) is 0 Å². The summed E-state index contributed by atoms with van der Waals surface area (Å²) in [5.41, 5.74) is 0. The van der Waals surface area contributed by atoms with Gasteiger partial charge in [-0.25, -0.2) is 0 Å². The highest BCUT2D eigenvalue weighted by Crippen LogP contribution is 2.69. The van der Waals surface area contributed by atoms with Gasteiger partial charge < -0.3 is 10.6 Å². The summed E-state index contributed by atoms with van der Waals surface area (Å²) in [6, 6.07) is 0. The van der Waals surface area contributed by atoms with Gasteiger partial charge in [0.15, 0.2) is 0 Å². The van der Waals surface area contributed by atoms with E-state index in [1.165, 1.54) is 6.54 Å². The summed E-state index contributed by atoms with van der Waals surface area (Å²) >= 11 is 0. The smallest absolute Gasteiger partial charge is 0.00768 e. The summed E-state index contributed by atoms with van der Waals surface area (Å²) in [5.74, 6) is 6.39. The Kier molecular flexibility index (Phi) is 3.45. The molecule has 0 amide bonds. The van der Waals surface area contributed by atoms with E-state index in [4.69, 9.17) is 0 Å². The van der Waals surface area contributed by atoms with E-state index >= 15 is 0 Å². The molecule has 0 aromatic heterocycles. The molecular formula is C15H28N2. The van der Waals surface area contributed by atoms with Crippen LogP contribution in [0.4, 0.5) is 0 Å². The highest BCUT2D eigenvalue weighted by atomic mass is 15.0. The topological polar surface area (TPSA) is 24.1 Å². The van der Waals surface area contributed by atoms with Crippen LogP contribution in [0.25, 0.3) is 0 Å². The summed E-state index contributed by atoms with van der Waals surface area (Å²) in [6.07, 6.45) is 4.69. The van der Waals surface area contributed by atoms with E-state index in [2.05, 4.69) is 24.5 Å². The van der Waals surface area contributed by atoms with Crippen LogP contribution >= 0.6 is 0 Å². The summed E-state index contributed by atoms with van der Waals surface area (Å²) in [6.45, 7) is 9.26. The van der Waals surface area contributed by atoms with Crippen LogP contribution in [-0.2, 0) is 0 Å². The van der Waals surface area contributed by atoms with Crippen molar-refractivity contribution in [1.82, 2.24) is 10.6 Å². The third kappa shape index (κ3) is 2.39. The van der Waals surface area contributed by atoms with Gasteiger partial charge >= 0.3 is 0 Å². The van der Waals surface area contributed by atoms with Gasteiger partial charge in [-0.05, 0) is 67.9 Å². The van der Waals surface area contributed by atoms with Crippen LogP contribution in [0.2, 0.25) is 0 Å². The molecule has 2 N–H and O–H groups in total. The molecule has 2 bridgehead atoms. The van der Waals surface area contributed by atoms with Gasteiger partial charge in [0, 0.05) is 13.1 Å². The van der Waals surface area contributed by atoms with Crippen LogP contribution in [0, 0.1) is 35.5 Å². The maximum atomic E-state index is 3.66. The fraction of sp³-hybridized carbons (Fsp3) is 1.00. The van der Waals surface area contributed by atoms with E-state index in [1.807, 2.05) is 0 Å². The maximum Gasteiger partial charge on any atom is 0.00768 e. The van der Waals surface area contributed by atoms with Crippen LogP contribution in [-0.4, -0.2) is 26.2 Å². The van der Waals surface area contributed by atoms with Crippen molar-refractivity contribution in [2.75, 3.05) is 26.2 Å². The molecule has 2 nitrogen and oxygen atoms in total. The highest BCUT2D eigenvalue weighted by molar-refractivity contribution is 5.13. The second kappa shape index (κ2) is 4.89. The zero-order valence-corrected chi connectivity index (χ0v) is 11.4. The molecule has 0 saturated heterocycles. The standard InChI is InChI=1S/C15H28N2/c1-10(2)8-16-5-6-17-9-13-14-11-3-4-12(7-11)15(13)14/h10-17H,3-9H2,1-2H3. The average molecular weight is 236 g/mol. The first kappa shape index (κ1) is 12.0. The van der Waals surface area contributed by atoms with Crippen LogP contribution in [0.3, 0.4) is 0 Å². The molecular weight excluding hydrogens is 208 g/mol. The molecule has 0 aliphatic heterocycles. The molecule has 0 radical (unpaired) electrons. The van der Waals surface area contributed by atoms with Gasteiger partial charge in [-0.3, -0.25) is 0 Å². The molecule has 3 rings (SSSR count). The van der Waals surface area contributed by atoms with Gasteiger partial charge in [0.25, 0.3) is 0 Å². The van der Waals surface area contributed by atoms with Gasteiger partial charge in [-0.1, -0.05) is 13.8 Å². The Morgan fingerprint density at radius 2 is 1.65 bits per heavy atom. The van der Waals surface area contributed by atoms with Crippen LogP contribution in [0.15, 0.2) is 0 Å². The normalized spacial score (nSPS) is 42.2. The molecule has 4 unspecified atom stereocenters. The number of hydrogen-bond acceptors (Lipinski definition) is 2. The monoisotopic (exact) mass is 236 g/mol. The lowest BCUT2D eigenvalue weighted by Crippen LogP contribution is -2.31. The molecule has 3 aliphatic rings. The molecule has 98 valence electrons. The lowest BCUT2D eigenvalue weighted by Gasteiger charge is -2.11. The minimum Gasteiger partial charge on any atom is -0.315 e. The summed E-state index contributed by atoms with van der Waals surface area (Å²) in [5, 5.41) is 7.15. The quantitative estimate of drug-likeness (QED) is 0.662. The molecule has 3 aliphatic carbocycles. The molecule has 2 heteroatoms. The molecule has 3 fully saturated rings. The lowest BCUT2D eigenvalue weighted by atomic mass is 10.0. The van der Waals surface area contributed by atoms with Crippen molar-refractivity contribution in [1.29, 1.82) is 0 Å². The van der Waals surface area contributed by atoms with Crippen molar-refractivity contribution in [2.45, 2.75) is 33.1 Å². The Morgan fingerprint density at radius 1 is 1.00 bits per heavy atom. The Morgan fingerprint density at radius 3 is 2.29 bits per heavy atom. The average Bonchev–Trinajstić information content (AvgIpc) is 2.70. The van der Waals surface area contributed by atoms with Crippen molar-refractivity contribution in [3.8, 4) is 0 Å². The Labute approximate surface area is 106 Å². The van der Waals surface area contributed by atoms with Gasteiger partial charge in [-0.15, -0.1) is 0 Å². The summed E-state index contributed by atoms with van der Waals surface area (Å²) in [7, 11) is 0. The third-order valence-corrected chi connectivity index (χ3v) is 5.31. The second-order valence-corrected chi connectivity index (χ2v) is 6.95. The minimum atomic E-state index is 0.772. The SMILES string of the molecule is CC(C)CNCCNCC1C2C3CCC(C3)C12. The molecule has 17 heavy (non-hydrogen) atoms. The third-order valence-electron chi connectivity index (χ3n) is 5.31. The summed E-state index contributed by atoms with van der Waals surface area (Å²) < 4.78 is 0. The largest absolute Gasteiger partial charge is 0.315 e. The fourth-order valence-corrected chi connectivity index (χ4v) is 4.62. The van der Waals surface area contributed by atoms with E-state index in [0.29, 0.717) is 0 Å². The van der Waals surface area contributed by atoms with Gasteiger partial charge in [0.1, 0.15) is 0 Å². The van der Waals surface area contributed by atoms with E-state index in [0.717, 1.165) is 55.1 Å². The van der Waals surface area contributed by atoms with Crippen molar-refractivity contribution in [3.05, 3.63) is 0 Å². The van der Waals surface area contributed by atoms with Gasteiger partial charge in [0.05, 0.1) is 0 Å². The Hall–Kier alpha value is -0.0800. The number of hydrogen-bond donors (Lipinski definition) is 2. The summed E-state index contributed by atoms with van der Waals surface area (Å²) in [4.78, 5) is 0. The van der Waals surface area contributed by atoms with Gasteiger partial charge in [-0.2, -0.15) is 0 Å². The predicted octanol–water partition coefficient (Wildman–Crippen LogP) is 2.11. The van der Waals surface area contributed by atoms with E-state index in [9.17, 15) is 0 Å². The van der Waals surface area contributed by atoms with Crippen LogP contribution in [0.1, 0.15) is 33.1 Å². The minimum absolute atomic E-state index is 0.772. The highest BCUT2D eigenvalue weighted by Gasteiger charge is 2.64. The molecule has 0 spiro atoms. The van der Waals surface area contributed by atoms with Crippen molar-refractivity contribution < 1.29 is 0 Å². The number of nitrogens with one attached hydrogen (secondary N) is 2. The Balaban J connectivity index is 1.25. The predicted molar refractivity (Wildman–Crippen MR) is 71.9 cm³/mol. The molecule has 0 aromatic carbocycles. The maximum absolute atomic E-state index is 3.66. The van der Waals surface area contributed by atoms with E-state index in [1.54, 1.807) is 19.3 Å². The van der Waals surface area contributed by atoms with Crippen LogP contribution in [0.5, 0.6) is 0 Å². The Bertz CT molecular complexity index is 248. The second-order valence-electron chi connectivity index (χ2n) is 6.95. The van der Waals surface area contributed by atoms with Crippen molar-refractivity contribution >= 4 is 0 Å². The fourth-order valence-electron chi connectivity index (χ4n) is 4.62. The molecule has 4 atom stereocenters. The molecule has 0 heterocycles. The lowest BCUT2D eigenvalue weighted by molar-refractivity contribution is 0.439. The first-order chi connectivity index (χ1) is 8.27. The number of rotatable bonds is 7. The zero-order chi connectivity index (χ0) is 11.8. The first-order valence-electron chi connectivity index (χ1n) is 7.69. The molecule has 0 aromatic rings. The van der Waals surface area contributed by atoms with Gasteiger partial charge in [0.2, 0.25) is 0 Å². The van der Waals surface area contributed by atoms with E-state index < -0.39 is 0 Å². The molecule has 3 saturated carbocycles. The number of fused-ring (bicyclic) bond motifs is 5. The van der Waals surface area contributed by atoms with Crippen molar-refractivity contribution in [3.63, 3.8) is 0 Å². The van der Waals surface area contributed by atoms with Crippen molar-refractivity contribution in [2.24, 2.45) is 35.5 Å². The van der Waals surface area contributed by atoms with Crippen LogP contribution < -0.4 is 10.6 Å². The first-order valence-corrected chi connectivity index (χ1v) is 7.69. The zero-order valence-electron chi connectivity index (χ0n) is 11.4.